The van der Waals surface area contributed by atoms with Crippen LogP contribution >= 0.6 is 11.3 Å². The van der Waals surface area contributed by atoms with Gasteiger partial charge in [-0.1, -0.05) is 6.07 Å². The number of rotatable bonds is 8. The van der Waals surface area contributed by atoms with E-state index in [0.29, 0.717) is 17.9 Å². The molecule has 0 bridgehead atoms. The van der Waals surface area contributed by atoms with E-state index in [-0.39, 0.29) is 12.4 Å². The van der Waals surface area contributed by atoms with Gasteiger partial charge in [-0.15, -0.1) is 11.3 Å². The average Bonchev–Trinajstić information content (AvgIpc) is 2.99. The van der Waals surface area contributed by atoms with Crippen LogP contribution in [-0.4, -0.2) is 30.1 Å². The van der Waals surface area contributed by atoms with Crippen molar-refractivity contribution in [2.75, 3.05) is 13.2 Å². The molecule has 0 fully saturated rings. The fraction of sp³-hybridized carbons (Fsp3) is 0.312. The molecule has 1 aromatic heterocycles. The predicted octanol–water partition coefficient (Wildman–Crippen LogP) is 2.48. The number of hydrogen-bond acceptors (Lipinski definition) is 5. The maximum absolute atomic E-state index is 11.2. The number of aliphatic hydroxyl groups is 1. The third-order valence-corrected chi connectivity index (χ3v) is 3.84. The van der Waals surface area contributed by atoms with Crippen molar-refractivity contribution < 1.29 is 14.6 Å². The van der Waals surface area contributed by atoms with Crippen molar-refractivity contribution in [3.05, 3.63) is 52.2 Å². The van der Waals surface area contributed by atoms with Gasteiger partial charge in [0.1, 0.15) is 18.5 Å². The van der Waals surface area contributed by atoms with E-state index >= 15 is 0 Å². The highest BCUT2D eigenvalue weighted by atomic mass is 32.1. The van der Waals surface area contributed by atoms with Crippen LogP contribution in [0.3, 0.4) is 0 Å². The zero-order valence-corrected chi connectivity index (χ0v) is 12.7. The van der Waals surface area contributed by atoms with E-state index < -0.39 is 6.10 Å². The second kappa shape index (κ2) is 7.93. The smallest absolute Gasteiger partial charge is 0.159 e. The van der Waals surface area contributed by atoms with Crippen LogP contribution in [0.15, 0.2) is 41.8 Å². The van der Waals surface area contributed by atoms with Crippen LogP contribution in [0, 0.1) is 0 Å². The number of nitrogens with one attached hydrogen (secondary N) is 1. The molecule has 0 amide bonds. The lowest BCUT2D eigenvalue weighted by Crippen LogP contribution is -2.30. The van der Waals surface area contributed by atoms with Gasteiger partial charge in [0.25, 0.3) is 0 Å². The fourth-order valence-electron chi connectivity index (χ4n) is 1.81. The van der Waals surface area contributed by atoms with Gasteiger partial charge in [-0.2, -0.15) is 0 Å². The van der Waals surface area contributed by atoms with Crippen molar-refractivity contribution in [3.63, 3.8) is 0 Å². The number of ketones is 1. The molecule has 1 atom stereocenters. The van der Waals surface area contributed by atoms with Gasteiger partial charge in [-0.25, -0.2) is 0 Å². The normalized spacial score (nSPS) is 12.1. The first-order chi connectivity index (χ1) is 10.1. The Labute approximate surface area is 128 Å². The summed E-state index contributed by atoms with van der Waals surface area (Å²) in [4.78, 5) is 12.4. The van der Waals surface area contributed by atoms with Gasteiger partial charge < -0.3 is 15.2 Å². The number of benzene rings is 1. The third-order valence-electron chi connectivity index (χ3n) is 2.96. The van der Waals surface area contributed by atoms with Gasteiger partial charge in [0.2, 0.25) is 0 Å². The summed E-state index contributed by atoms with van der Waals surface area (Å²) in [6.45, 7) is 2.97. The van der Waals surface area contributed by atoms with Crippen molar-refractivity contribution in [1.29, 1.82) is 0 Å². The van der Waals surface area contributed by atoms with Crippen molar-refractivity contribution in [1.82, 2.24) is 5.32 Å². The average molecular weight is 305 g/mol. The summed E-state index contributed by atoms with van der Waals surface area (Å²) in [7, 11) is 0. The van der Waals surface area contributed by atoms with Gasteiger partial charge in [0, 0.05) is 23.5 Å². The van der Waals surface area contributed by atoms with Gasteiger partial charge in [-0.05, 0) is 42.6 Å². The number of ether oxygens (including phenoxy) is 1. The molecule has 0 radical (unpaired) electrons. The molecule has 0 unspecified atom stereocenters. The minimum Gasteiger partial charge on any atom is -0.491 e. The Morgan fingerprint density at radius 1 is 1.33 bits per heavy atom. The Kier molecular flexibility index (Phi) is 5.92. The summed E-state index contributed by atoms with van der Waals surface area (Å²) in [5.41, 5.74) is 0.653. The molecule has 0 aliphatic carbocycles. The van der Waals surface area contributed by atoms with Crippen molar-refractivity contribution in [2.24, 2.45) is 0 Å². The minimum absolute atomic E-state index is 0.0272. The zero-order valence-electron chi connectivity index (χ0n) is 11.9. The molecule has 2 rings (SSSR count). The van der Waals surface area contributed by atoms with Crippen molar-refractivity contribution in [3.8, 4) is 5.75 Å². The zero-order chi connectivity index (χ0) is 15.1. The second-order valence-electron chi connectivity index (χ2n) is 4.76. The van der Waals surface area contributed by atoms with Crippen LogP contribution in [0.4, 0.5) is 0 Å². The molecular weight excluding hydrogens is 286 g/mol. The second-order valence-corrected chi connectivity index (χ2v) is 5.79. The molecule has 0 aliphatic heterocycles. The molecule has 0 spiro atoms. The topological polar surface area (TPSA) is 58.6 Å². The van der Waals surface area contributed by atoms with E-state index in [2.05, 4.69) is 11.4 Å². The number of thiophene rings is 1. The molecule has 5 heteroatoms. The molecule has 4 nitrogen and oxygen atoms in total. The van der Waals surface area contributed by atoms with E-state index in [1.807, 2.05) is 11.4 Å². The molecule has 21 heavy (non-hydrogen) atoms. The fourth-order valence-corrected chi connectivity index (χ4v) is 2.49. The highest BCUT2D eigenvalue weighted by molar-refractivity contribution is 7.09. The first-order valence-corrected chi connectivity index (χ1v) is 7.68. The summed E-state index contributed by atoms with van der Waals surface area (Å²) in [5, 5.41) is 15.1. The van der Waals surface area contributed by atoms with Gasteiger partial charge in [0.05, 0.1) is 0 Å². The molecule has 0 saturated carbocycles. The summed E-state index contributed by atoms with van der Waals surface area (Å²) < 4.78 is 5.49. The Hall–Kier alpha value is -1.69. The van der Waals surface area contributed by atoms with E-state index in [1.54, 1.807) is 35.6 Å². The number of Topliss-reactive ketones (excluding diaryl/α,β-unsaturated/α-hetero) is 1. The number of aliphatic hydroxyl groups excluding tert-OH is 1. The van der Waals surface area contributed by atoms with Crippen LogP contribution in [0.25, 0.3) is 0 Å². The number of hydrogen-bond donors (Lipinski definition) is 2. The summed E-state index contributed by atoms with van der Waals surface area (Å²) in [6.07, 6.45) is -0.572. The van der Waals surface area contributed by atoms with Gasteiger partial charge >= 0.3 is 0 Å². The SMILES string of the molecule is CC(=O)c1ccc(OC[C@H](O)CNCc2cccs2)cc1. The standard InChI is InChI=1S/C16H19NO3S/c1-12(18)13-4-6-15(7-5-13)20-11-14(19)9-17-10-16-3-2-8-21-16/h2-8,14,17,19H,9-11H2,1H3/t14-/m1/s1. The van der Waals surface area contributed by atoms with Crippen LogP contribution in [-0.2, 0) is 6.54 Å². The van der Waals surface area contributed by atoms with Crippen LogP contribution in [0.1, 0.15) is 22.2 Å². The molecule has 1 heterocycles. The first-order valence-electron chi connectivity index (χ1n) is 6.80. The Morgan fingerprint density at radius 2 is 2.10 bits per heavy atom. The Morgan fingerprint density at radius 3 is 2.71 bits per heavy atom. The highest BCUT2D eigenvalue weighted by Gasteiger charge is 2.06. The quantitative estimate of drug-likeness (QED) is 0.736. The molecule has 112 valence electrons. The lowest BCUT2D eigenvalue weighted by molar-refractivity contribution is 0.101. The van der Waals surface area contributed by atoms with E-state index in [4.69, 9.17) is 4.74 Å². The van der Waals surface area contributed by atoms with Gasteiger partial charge in [-0.3, -0.25) is 4.79 Å². The lowest BCUT2D eigenvalue weighted by Gasteiger charge is -2.13. The molecular formula is C16H19NO3S. The van der Waals surface area contributed by atoms with Crippen LogP contribution < -0.4 is 10.1 Å². The Balaban J connectivity index is 1.68. The van der Waals surface area contributed by atoms with E-state index in [0.717, 1.165) is 6.54 Å². The highest BCUT2D eigenvalue weighted by Crippen LogP contribution is 2.13. The monoisotopic (exact) mass is 305 g/mol. The predicted molar refractivity (Wildman–Crippen MR) is 84.0 cm³/mol. The summed E-state index contributed by atoms with van der Waals surface area (Å²) >= 11 is 1.69. The Bertz CT molecular complexity index is 551. The van der Waals surface area contributed by atoms with E-state index in [9.17, 15) is 9.90 Å². The minimum atomic E-state index is -0.572. The third kappa shape index (κ3) is 5.30. The maximum atomic E-state index is 11.2. The molecule has 2 aromatic rings. The van der Waals surface area contributed by atoms with Crippen LogP contribution in [0.5, 0.6) is 5.75 Å². The lowest BCUT2D eigenvalue weighted by atomic mass is 10.1. The molecule has 1 aromatic carbocycles. The van der Waals surface area contributed by atoms with Crippen molar-refractivity contribution in [2.45, 2.75) is 19.6 Å². The summed E-state index contributed by atoms with van der Waals surface area (Å²) in [6, 6.07) is 11.0. The van der Waals surface area contributed by atoms with Crippen LogP contribution in [0.2, 0.25) is 0 Å². The molecule has 0 saturated heterocycles. The number of carbonyl (C=O) groups is 1. The van der Waals surface area contributed by atoms with Gasteiger partial charge in [0.15, 0.2) is 5.78 Å². The largest absolute Gasteiger partial charge is 0.491 e. The first kappa shape index (κ1) is 15.7. The molecule has 2 N–H and O–H groups in total. The number of carbonyl (C=O) groups excluding carboxylic acids is 1. The van der Waals surface area contributed by atoms with E-state index in [1.165, 1.54) is 11.8 Å². The van der Waals surface area contributed by atoms with Crippen molar-refractivity contribution >= 4 is 17.1 Å². The summed E-state index contributed by atoms with van der Waals surface area (Å²) in [5.74, 6) is 0.677. The maximum Gasteiger partial charge on any atom is 0.159 e. The molecule has 0 aliphatic rings.